The lowest BCUT2D eigenvalue weighted by atomic mass is 10.2. The zero-order valence-corrected chi connectivity index (χ0v) is 15.4. The molecule has 2 amide bonds. The summed E-state index contributed by atoms with van der Waals surface area (Å²) in [5.74, 6) is -0.307. The lowest BCUT2D eigenvalue weighted by Gasteiger charge is -2.34. The predicted molar refractivity (Wildman–Crippen MR) is 100.0 cm³/mol. The second kappa shape index (κ2) is 8.47. The van der Waals surface area contributed by atoms with Crippen molar-refractivity contribution in [1.82, 2.24) is 15.1 Å². The summed E-state index contributed by atoms with van der Waals surface area (Å²) < 4.78 is 0. The Morgan fingerprint density at radius 3 is 2.44 bits per heavy atom. The molecule has 0 atom stereocenters. The van der Waals surface area contributed by atoms with E-state index in [0.717, 1.165) is 19.6 Å². The van der Waals surface area contributed by atoms with Crippen LogP contribution in [-0.2, 0) is 11.3 Å². The Kier molecular flexibility index (Phi) is 6.07. The molecule has 5 nitrogen and oxygen atoms in total. The number of amides is 2. The monoisotopic (exact) mass is 377 g/mol. The number of halogens is 1. The number of thiophene rings is 1. The number of hydrogen-bond donors (Lipinski definition) is 1. The SMILES string of the molecule is O=C(NCC(=O)N1CCN(Cc2ccsc2)CC1)c1ccc(Cl)cc1. The molecule has 1 fully saturated rings. The first-order valence-electron chi connectivity index (χ1n) is 8.17. The van der Waals surface area contributed by atoms with Crippen molar-refractivity contribution >= 4 is 34.8 Å². The summed E-state index contributed by atoms with van der Waals surface area (Å²) in [7, 11) is 0. The van der Waals surface area contributed by atoms with Crippen LogP contribution in [0.5, 0.6) is 0 Å². The number of hydrogen-bond acceptors (Lipinski definition) is 4. The van der Waals surface area contributed by atoms with Gasteiger partial charge in [0, 0.05) is 43.3 Å². The summed E-state index contributed by atoms with van der Waals surface area (Å²) in [4.78, 5) is 28.5. The van der Waals surface area contributed by atoms with Gasteiger partial charge < -0.3 is 10.2 Å². The molecule has 2 heterocycles. The van der Waals surface area contributed by atoms with Crippen LogP contribution in [0.25, 0.3) is 0 Å². The van der Waals surface area contributed by atoms with Crippen LogP contribution < -0.4 is 5.32 Å². The molecule has 7 heteroatoms. The van der Waals surface area contributed by atoms with Gasteiger partial charge >= 0.3 is 0 Å². The Balaban J connectivity index is 1.42. The number of benzene rings is 1. The van der Waals surface area contributed by atoms with E-state index in [0.29, 0.717) is 23.7 Å². The standard InChI is InChI=1S/C18H20ClN3O2S/c19-16-3-1-15(2-4-16)18(24)20-11-17(23)22-8-6-21(7-9-22)12-14-5-10-25-13-14/h1-5,10,13H,6-9,11-12H2,(H,20,24). The molecule has 2 aromatic rings. The van der Waals surface area contributed by atoms with Crippen LogP contribution in [0.1, 0.15) is 15.9 Å². The molecule has 0 spiro atoms. The molecule has 1 N–H and O–H groups in total. The van der Waals surface area contributed by atoms with E-state index in [1.165, 1.54) is 5.56 Å². The largest absolute Gasteiger partial charge is 0.343 e. The molecular weight excluding hydrogens is 358 g/mol. The van der Waals surface area contributed by atoms with Gasteiger partial charge in [-0.15, -0.1) is 0 Å². The maximum absolute atomic E-state index is 12.3. The van der Waals surface area contributed by atoms with Crippen LogP contribution in [0.15, 0.2) is 41.1 Å². The lowest BCUT2D eigenvalue weighted by molar-refractivity contribution is -0.131. The maximum Gasteiger partial charge on any atom is 0.251 e. The lowest BCUT2D eigenvalue weighted by Crippen LogP contribution is -2.50. The van der Waals surface area contributed by atoms with E-state index < -0.39 is 0 Å². The van der Waals surface area contributed by atoms with Gasteiger partial charge in [0.2, 0.25) is 5.91 Å². The van der Waals surface area contributed by atoms with Crippen LogP contribution >= 0.6 is 22.9 Å². The number of carbonyl (C=O) groups excluding carboxylic acids is 2. The van der Waals surface area contributed by atoms with Gasteiger partial charge in [-0.25, -0.2) is 0 Å². The number of rotatable bonds is 5. The summed E-state index contributed by atoms with van der Waals surface area (Å²) in [5, 5.41) is 7.49. The van der Waals surface area contributed by atoms with Crippen molar-refractivity contribution in [3.8, 4) is 0 Å². The Morgan fingerprint density at radius 2 is 1.80 bits per heavy atom. The molecule has 1 aromatic carbocycles. The van der Waals surface area contributed by atoms with Crippen LogP contribution in [0.4, 0.5) is 0 Å². The topological polar surface area (TPSA) is 52.7 Å². The van der Waals surface area contributed by atoms with Crippen LogP contribution in [-0.4, -0.2) is 54.3 Å². The first-order chi connectivity index (χ1) is 12.1. The van der Waals surface area contributed by atoms with E-state index in [2.05, 4.69) is 27.0 Å². The van der Waals surface area contributed by atoms with Crippen molar-refractivity contribution in [1.29, 1.82) is 0 Å². The Labute approximate surface area is 156 Å². The van der Waals surface area contributed by atoms with Gasteiger partial charge in [0.15, 0.2) is 0 Å². The molecule has 1 aliphatic heterocycles. The Morgan fingerprint density at radius 1 is 1.08 bits per heavy atom. The number of piperazine rings is 1. The quantitative estimate of drug-likeness (QED) is 0.870. The molecule has 0 unspecified atom stereocenters. The van der Waals surface area contributed by atoms with Gasteiger partial charge in [-0.3, -0.25) is 14.5 Å². The highest BCUT2D eigenvalue weighted by molar-refractivity contribution is 7.07. The molecule has 3 rings (SSSR count). The molecular formula is C18H20ClN3O2S. The van der Waals surface area contributed by atoms with Crippen LogP contribution in [0.2, 0.25) is 5.02 Å². The van der Waals surface area contributed by atoms with Crippen LogP contribution in [0.3, 0.4) is 0 Å². The number of nitrogens with zero attached hydrogens (tertiary/aromatic N) is 2. The van der Waals surface area contributed by atoms with E-state index in [4.69, 9.17) is 11.6 Å². The normalized spacial score (nSPS) is 15.2. The highest BCUT2D eigenvalue weighted by Crippen LogP contribution is 2.12. The van der Waals surface area contributed by atoms with E-state index >= 15 is 0 Å². The minimum atomic E-state index is -0.263. The second-order valence-electron chi connectivity index (χ2n) is 5.98. The van der Waals surface area contributed by atoms with Crippen molar-refractivity contribution in [2.45, 2.75) is 6.54 Å². The molecule has 132 valence electrons. The zero-order chi connectivity index (χ0) is 17.6. The number of nitrogens with one attached hydrogen (secondary N) is 1. The van der Waals surface area contributed by atoms with Crippen molar-refractivity contribution in [3.63, 3.8) is 0 Å². The summed E-state index contributed by atoms with van der Waals surface area (Å²) in [6.07, 6.45) is 0. The first kappa shape index (κ1) is 17.9. The molecule has 0 aliphatic carbocycles. The third-order valence-corrected chi connectivity index (χ3v) is 5.20. The molecule has 0 saturated carbocycles. The fourth-order valence-corrected chi connectivity index (χ4v) is 3.55. The minimum absolute atomic E-state index is 0.0198. The van der Waals surface area contributed by atoms with Gasteiger partial charge in [0.1, 0.15) is 0 Å². The van der Waals surface area contributed by atoms with E-state index in [-0.39, 0.29) is 18.4 Å². The molecule has 1 saturated heterocycles. The Hall–Kier alpha value is -1.89. The average Bonchev–Trinajstić information content (AvgIpc) is 3.13. The molecule has 0 bridgehead atoms. The van der Waals surface area contributed by atoms with Crippen molar-refractivity contribution in [3.05, 3.63) is 57.2 Å². The maximum atomic E-state index is 12.3. The van der Waals surface area contributed by atoms with E-state index in [1.54, 1.807) is 35.6 Å². The average molecular weight is 378 g/mol. The molecule has 0 radical (unpaired) electrons. The molecule has 1 aliphatic rings. The fraction of sp³-hybridized carbons (Fsp3) is 0.333. The van der Waals surface area contributed by atoms with Gasteiger partial charge in [0.25, 0.3) is 5.91 Å². The predicted octanol–water partition coefficient (Wildman–Crippen LogP) is 2.48. The number of carbonyl (C=O) groups is 2. The summed E-state index contributed by atoms with van der Waals surface area (Å²) >= 11 is 7.51. The van der Waals surface area contributed by atoms with Crippen molar-refractivity contribution in [2.24, 2.45) is 0 Å². The highest BCUT2D eigenvalue weighted by Gasteiger charge is 2.21. The summed E-state index contributed by atoms with van der Waals surface area (Å²) in [6, 6.07) is 8.74. The highest BCUT2D eigenvalue weighted by atomic mass is 35.5. The third kappa shape index (κ3) is 5.04. The molecule has 1 aromatic heterocycles. The van der Waals surface area contributed by atoms with Gasteiger partial charge in [0.05, 0.1) is 6.54 Å². The fourth-order valence-electron chi connectivity index (χ4n) is 2.77. The summed E-state index contributed by atoms with van der Waals surface area (Å²) in [6.45, 7) is 4.05. The van der Waals surface area contributed by atoms with Crippen molar-refractivity contribution in [2.75, 3.05) is 32.7 Å². The zero-order valence-electron chi connectivity index (χ0n) is 13.8. The molecule has 25 heavy (non-hydrogen) atoms. The smallest absolute Gasteiger partial charge is 0.251 e. The van der Waals surface area contributed by atoms with Crippen molar-refractivity contribution < 1.29 is 9.59 Å². The van der Waals surface area contributed by atoms with Gasteiger partial charge in [-0.1, -0.05) is 11.6 Å². The van der Waals surface area contributed by atoms with Gasteiger partial charge in [-0.2, -0.15) is 11.3 Å². The van der Waals surface area contributed by atoms with E-state index in [1.807, 2.05) is 4.90 Å². The van der Waals surface area contributed by atoms with E-state index in [9.17, 15) is 9.59 Å². The third-order valence-electron chi connectivity index (χ3n) is 4.22. The summed E-state index contributed by atoms with van der Waals surface area (Å²) in [5.41, 5.74) is 1.82. The second-order valence-corrected chi connectivity index (χ2v) is 7.19. The Bertz CT molecular complexity index is 710. The van der Waals surface area contributed by atoms with Crippen LogP contribution in [0, 0.1) is 0 Å². The van der Waals surface area contributed by atoms with Gasteiger partial charge in [-0.05, 0) is 46.7 Å². The minimum Gasteiger partial charge on any atom is -0.343 e. The first-order valence-corrected chi connectivity index (χ1v) is 9.49.